The van der Waals surface area contributed by atoms with Crippen LogP contribution in [-0.2, 0) is 0 Å². The minimum atomic E-state index is -0.0719. The van der Waals surface area contributed by atoms with Gasteiger partial charge in [-0.3, -0.25) is 0 Å². The lowest BCUT2D eigenvalue weighted by Crippen LogP contribution is -2.38. The van der Waals surface area contributed by atoms with Crippen molar-refractivity contribution < 1.29 is 5.11 Å². The van der Waals surface area contributed by atoms with Crippen LogP contribution in [0.15, 0.2) is 0 Å². The zero-order valence-electron chi connectivity index (χ0n) is 11.6. The number of rotatable bonds is 6. The van der Waals surface area contributed by atoms with Crippen molar-refractivity contribution in [1.82, 2.24) is 0 Å². The number of aliphatic hydroxyl groups excluding tert-OH is 1. The van der Waals surface area contributed by atoms with E-state index in [1.807, 2.05) is 0 Å². The zero-order chi connectivity index (χ0) is 12.2. The molecule has 16 heavy (non-hydrogen) atoms. The Kier molecular flexibility index (Phi) is 5.30. The fourth-order valence-corrected chi connectivity index (χ4v) is 3.73. The van der Waals surface area contributed by atoms with Crippen LogP contribution in [-0.4, -0.2) is 11.2 Å². The second-order valence-corrected chi connectivity index (χ2v) is 6.38. The molecule has 0 amide bonds. The van der Waals surface area contributed by atoms with Crippen LogP contribution >= 0.6 is 0 Å². The molecule has 1 heteroatoms. The van der Waals surface area contributed by atoms with Gasteiger partial charge in [-0.2, -0.15) is 0 Å². The number of hydrogen-bond donors (Lipinski definition) is 1. The number of hydrogen-bond acceptors (Lipinski definition) is 1. The summed E-state index contributed by atoms with van der Waals surface area (Å²) in [6, 6.07) is 0. The van der Waals surface area contributed by atoms with E-state index in [0.29, 0.717) is 11.8 Å². The van der Waals surface area contributed by atoms with E-state index in [0.717, 1.165) is 0 Å². The van der Waals surface area contributed by atoms with E-state index in [2.05, 4.69) is 27.7 Å². The molecular formula is C15H30O. The predicted octanol–water partition coefficient (Wildman–Crippen LogP) is 4.39. The van der Waals surface area contributed by atoms with Gasteiger partial charge in [-0.1, -0.05) is 47.0 Å². The summed E-state index contributed by atoms with van der Waals surface area (Å²) < 4.78 is 0. The molecule has 1 aliphatic rings. The highest BCUT2D eigenvalue weighted by molar-refractivity contribution is 4.93. The monoisotopic (exact) mass is 226 g/mol. The Morgan fingerprint density at radius 1 is 1.12 bits per heavy atom. The van der Waals surface area contributed by atoms with E-state index in [4.69, 9.17) is 0 Å². The first kappa shape index (κ1) is 14.0. The predicted molar refractivity (Wildman–Crippen MR) is 70.4 cm³/mol. The molecule has 0 aliphatic heterocycles. The fourth-order valence-electron chi connectivity index (χ4n) is 3.73. The topological polar surface area (TPSA) is 20.2 Å². The van der Waals surface area contributed by atoms with Gasteiger partial charge >= 0.3 is 0 Å². The fraction of sp³-hybridized carbons (Fsp3) is 1.00. The second kappa shape index (κ2) is 6.05. The maximum Gasteiger partial charge on any atom is 0.0622 e. The van der Waals surface area contributed by atoms with Gasteiger partial charge in [0.2, 0.25) is 0 Å². The van der Waals surface area contributed by atoms with Crippen LogP contribution in [0.4, 0.5) is 0 Å². The average Bonchev–Trinajstić information content (AvgIpc) is 2.65. The molecule has 1 saturated carbocycles. The average molecular weight is 226 g/mol. The largest absolute Gasteiger partial charge is 0.392 e. The smallest absolute Gasteiger partial charge is 0.0622 e. The van der Waals surface area contributed by atoms with Crippen molar-refractivity contribution in [2.75, 3.05) is 0 Å². The van der Waals surface area contributed by atoms with Crippen molar-refractivity contribution in [2.45, 2.75) is 78.7 Å². The molecule has 0 spiro atoms. The molecule has 0 radical (unpaired) electrons. The van der Waals surface area contributed by atoms with Gasteiger partial charge in [0.25, 0.3) is 0 Å². The van der Waals surface area contributed by atoms with Gasteiger partial charge in [-0.25, -0.2) is 0 Å². The Balaban J connectivity index is 2.68. The van der Waals surface area contributed by atoms with Crippen molar-refractivity contribution in [3.05, 3.63) is 0 Å². The molecular weight excluding hydrogens is 196 g/mol. The van der Waals surface area contributed by atoms with E-state index in [1.165, 1.54) is 44.9 Å². The molecule has 0 aromatic carbocycles. The third-order valence-corrected chi connectivity index (χ3v) is 4.32. The summed E-state index contributed by atoms with van der Waals surface area (Å²) in [6.45, 7) is 9.02. The lowest BCUT2D eigenvalue weighted by atomic mass is 9.70. The van der Waals surface area contributed by atoms with Crippen LogP contribution in [0.25, 0.3) is 0 Å². The highest BCUT2D eigenvalue weighted by Crippen LogP contribution is 2.48. The van der Waals surface area contributed by atoms with Gasteiger partial charge in [0, 0.05) is 0 Å². The number of aliphatic hydroxyl groups is 1. The molecule has 0 bridgehead atoms. The van der Waals surface area contributed by atoms with Crippen LogP contribution in [0.1, 0.15) is 72.6 Å². The van der Waals surface area contributed by atoms with Crippen molar-refractivity contribution in [2.24, 2.45) is 17.3 Å². The van der Waals surface area contributed by atoms with E-state index >= 15 is 0 Å². The van der Waals surface area contributed by atoms with Gasteiger partial charge in [-0.15, -0.1) is 0 Å². The van der Waals surface area contributed by atoms with Crippen molar-refractivity contribution in [1.29, 1.82) is 0 Å². The molecule has 1 nitrogen and oxygen atoms in total. The third-order valence-electron chi connectivity index (χ3n) is 4.32. The van der Waals surface area contributed by atoms with Crippen molar-refractivity contribution >= 4 is 0 Å². The quantitative estimate of drug-likeness (QED) is 0.712. The van der Waals surface area contributed by atoms with Crippen LogP contribution in [0, 0.1) is 17.3 Å². The van der Waals surface area contributed by atoms with E-state index < -0.39 is 0 Å². The normalized spacial score (nSPS) is 23.6. The first-order chi connectivity index (χ1) is 7.52. The molecule has 0 saturated heterocycles. The lowest BCUT2D eigenvalue weighted by molar-refractivity contribution is -0.0262. The van der Waals surface area contributed by atoms with E-state index in [9.17, 15) is 5.11 Å². The van der Waals surface area contributed by atoms with Crippen molar-refractivity contribution in [3.8, 4) is 0 Å². The van der Waals surface area contributed by atoms with Gasteiger partial charge in [0.05, 0.1) is 6.10 Å². The van der Waals surface area contributed by atoms with Crippen LogP contribution in [0.3, 0.4) is 0 Å². The molecule has 1 rings (SSSR count). The minimum Gasteiger partial charge on any atom is -0.392 e. The van der Waals surface area contributed by atoms with Gasteiger partial charge in [-0.05, 0) is 42.9 Å². The Morgan fingerprint density at radius 2 is 1.69 bits per heavy atom. The van der Waals surface area contributed by atoms with Crippen LogP contribution in [0.5, 0.6) is 0 Å². The summed E-state index contributed by atoms with van der Waals surface area (Å²) in [5, 5.41) is 10.6. The minimum absolute atomic E-state index is 0.0719. The summed E-state index contributed by atoms with van der Waals surface area (Å²) in [6.07, 6.45) is 8.64. The molecule has 0 heterocycles. The maximum atomic E-state index is 10.6. The molecule has 0 aromatic heterocycles. The summed E-state index contributed by atoms with van der Waals surface area (Å²) in [7, 11) is 0. The first-order valence-electron chi connectivity index (χ1n) is 7.20. The summed E-state index contributed by atoms with van der Waals surface area (Å²) in [4.78, 5) is 0. The lowest BCUT2D eigenvalue weighted by Gasteiger charge is -2.39. The highest BCUT2D eigenvalue weighted by Gasteiger charge is 2.42. The Bertz CT molecular complexity index is 192. The van der Waals surface area contributed by atoms with Gasteiger partial charge in [0.15, 0.2) is 0 Å². The first-order valence-corrected chi connectivity index (χ1v) is 7.20. The third kappa shape index (κ3) is 3.23. The Labute approximate surface area is 102 Å². The highest BCUT2D eigenvalue weighted by atomic mass is 16.3. The Hall–Kier alpha value is -0.0400. The second-order valence-electron chi connectivity index (χ2n) is 6.38. The maximum absolute atomic E-state index is 10.6. The summed E-state index contributed by atoms with van der Waals surface area (Å²) in [5.74, 6) is 1.18. The molecule has 1 aliphatic carbocycles. The molecule has 2 unspecified atom stereocenters. The molecule has 1 N–H and O–H groups in total. The standard InChI is InChI=1S/C15H30O/c1-5-8-13(4)14(16)15(11-12(2)3)9-6-7-10-15/h12-14,16H,5-11H2,1-4H3. The molecule has 1 fully saturated rings. The van der Waals surface area contributed by atoms with Crippen molar-refractivity contribution in [3.63, 3.8) is 0 Å². The Morgan fingerprint density at radius 3 is 2.12 bits per heavy atom. The summed E-state index contributed by atoms with van der Waals surface area (Å²) in [5.41, 5.74) is 0.253. The van der Waals surface area contributed by atoms with E-state index in [1.54, 1.807) is 0 Å². The molecule has 0 aromatic rings. The molecule has 96 valence electrons. The van der Waals surface area contributed by atoms with Crippen LogP contribution < -0.4 is 0 Å². The van der Waals surface area contributed by atoms with Crippen LogP contribution in [0.2, 0.25) is 0 Å². The SMILES string of the molecule is CCCC(C)C(O)C1(CC(C)C)CCCC1. The van der Waals surface area contributed by atoms with E-state index in [-0.39, 0.29) is 11.5 Å². The van der Waals surface area contributed by atoms with Gasteiger partial charge in [0.1, 0.15) is 0 Å². The summed E-state index contributed by atoms with van der Waals surface area (Å²) >= 11 is 0. The molecule has 2 atom stereocenters. The zero-order valence-corrected chi connectivity index (χ0v) is 11.6. The van der Waals surface area contributed by atoms with Gasteiger partial charge < -0.3 is 5.11 Å².